The molecular formula is C24H28N2O5S2. The molecule has 1 amide bonds. The van der Waals surface area contributed by atoms with Crippen LogP contribution in [0.2, 0.25) is 0 Å². The summed E-state index contributed by atoms with van der Waals surface area (Å²) in [6.45, 7) is 0.722. The summed E-state index contributed by atoms with van der Waals surface area (Å²) < 4.78 is 5.89. The van der Waals surface area contributed by atoms with Crippen molar-refractivity contribution in [2.75, 3.05) is 18.9 Å². The van der Waals surface area contributed by atoms with Gasteiger partial charge in [0.05, 0.1) is 12.1 Å². The molecule has 9 heteroatoms. The number of aliphatic hydroxyl groups is 1. The highest BCUT2D eigenvalue weighted by Gasteiger charge is 2.42. The lowest BCUT2D eigenvalue weighted by Gasteiger charge is -2.45. The van der Waals surface area contributed by atoms with E-state index in [1.54, 1.807) is 4.90 Å². The first-order valence-electron chi connectivity index (χ1n) is 11.1. The molecular weight excluding hydrogens is 460 g/mol. The molecule has 1 aliphatic heterocycles. The van der Waals surface area contributed by atoms with E-state index < -0.39 is 12.1 Å². The van der Waals surface area contributed by atoms with Crippen molar-refractivity contribution < 1.29 is 24.5 Å². The molecule has 1 saturated heterocycles. The van der Waals surface area contributed by atoms with Crippen LogP contribution in [0.3, 0.4) is 0 Å². The number of cyclic esters (lactones) is 1. The minimum Gasteiger partial charge on any atom is -0.476 e. The van der Waals surface area contributed by atoms with Crippen LogP contribution in [-0.4, -0.2) is 63.2 Å². The smallest absolute Gasteiger partial charge is 0.410 e. The Morgan fingerprint density at radius 2 is 2.15 bits per heavy atom. The van der Waals surface area contributed by atoms with E-state index in [1.165, 1.54) is 34.0 Å². The third kappa shape index (κ3) is 5.77. The molecule has 1 aromatic carbocycles. The SMILES string of the molecule is O=C(O)c1csc(SCCN2C(=O)OC[C@@H]2/C=C/[C@@H](O)C2(CCc3ccccc3)CCC2)n1. The van der Waals surface area contributed by atoms with E-state index in [-0.39, 0.29) is 29.9 Å². The predicted molar refractivity (Wildman–Crippen MR) is 128 cm³/mol. The topological polar surface area (TPSA) is 100.0 Å². The van der Waals surface area contributed by atoms with Gasteiger partial charge in [0.15, 0.2) is 10.0 Å². The fourth-order valence-corrected chi connectivity index (χ4v) is 6.14. The Hall–Kier alpha value is -2.36. The average molecular weight is 489 g/mol. The van der Waals surface area contributed by atoms with Crippen LogP contribution < -0.4 is 0 Å². The van der Waals surface area contributed by atoms with Crippen LogP contribution in [0, 0.1) is 5.41 Å². The number of aliphatic hydroxyl groups excluding tert-OH is 1. The van der Waals surface area contributed by atoms with Gasteiger partial charge in [-0.05, 0) is 31.2 Å². The number of thiazole rings is 1. The standard InChI is InChI=1S/C24H28N2O5S2/c27-20(24(10-4-11-24)12-9-17-5-2-1-3-6-17)8-7-18-15-31-23(30)26(18)13-14-32-22-25-19(16-33-22)21(28)29/h1-3,5-8,16,18,20,27H,4,9-15H2,(H,28,29)/b8-7+/t18-,20+/m0/s1. The Kier molecular flexibility index (Phi) is 7.72. The highest BCUT2D eigenvalue weighted by molar-refractivity contribution is 8.01. The summed E-state index contributed by atoms with van der Waals surface area (Å²) in [7, 11) is 0. The first kappa shape index (κ1) is 23.8. The number of nitrogens with zero attached hydrogens (tertiary/aromatic N) is 2. The number of rotatable bonds is 11. The molecule has 2 N–H and O–H groups in total. The maximum Gasteiger partial charge on any atom is 0.410 e. The van der Waals surface area contributed by atoms with Gasteiger partial charge >= 0.3 is 12.1 Å². The van der Waals surface area contributed by atoms with E-state index in [2.05, 4.69) is 17.1 Å². The molecule has 2 heterocycles. The van der Waals surface area contributed by atoms with Gasteiger partial charge < -0.3 is 14.9 Å². The lowest BCUT2D eigenvalue weighted by Crippen LogP contribution is -2.41. The van der Waals surface area contributed by atoms with Crippen molar-refractivity contribution in [2.24, 2.45) is 5.41 Å². The number of aryl methyl sites for hydroxylation is 1. The van der Waals surface area contributed by atoms with Crippen molar-refractivity contribution in [3.63, 3.8) is 0 Å². The summed E-state index contributed by atoms with van der Waals surface area (Å²) in [5, 5.41) is 21.5. The molecule has 1 aromatic heterocycles. The van der Waals surface area contributed by atoms with Crippen molar-refractivity contribution in [3.05, 3.63) is 59.1 Å². The van der Waals surface area contributed by atoms with Gasteiger partial charge in [0.25, 0.3) is 0 Å². The summed E-state index contributed by atoms with van der Waals surface area (Å²) in [6.07, 6.45) is 7.87. The number of carbonyl (C=O) groups excluding carboxylic acids is 1. The van der Waals surface area contributed by atoms with Crippen LogP contribution in [0.5, 0.6) is 0 Å². The predicted octanol–water partition coefficient (Wildman–Crippen LogP) is 4.47. The summed E-state index contributed by atoms with van der Waals surface area (Å²) in [6, 6.07) is 10.1. The molecule has 7 nitrogen and oxygen atoms in total. The zero-order valence-corrected chi connectivity index (χ0v) is 19.9. The van der Waals surface area contributed by atoms with E-state index in [0.29, 0.717) is 16.6 Å². The zero-order chi connectivity index (χ0) is 23.3. The second kappa shape index (κ2) is 10.7. The van der Waals surface area contributed by atoms with Gasteiger partial charge in [-0.1, -0.05) is 60.7 Å². The summed E-state index contributed by atoms with van der Waals surface area (Å²) in [4.78, 5) is 28.9. The quantitative estimate of drug-likeness (QED) is 0.355. The lowest BCUT2D eigenvalue weighted by molar-refractivity contribution is -0.0123. The third-order valence-electron chi connectivity index (χ3n) is 6.52. The fourth-order valence-electron chi connectivity index (χ4n) is 4.33. The van der Waals surface area contributed by atoms with Crippen LogP contribution >= 0.6 is 23.1 Å². The minimum atomic E-state index is -1.04. The molecule has 0 radical (unpaired) electrons. The van der Waals surface area contributed by atoms with Gasteiger partial charge in [-0.25, -0.2) is 14.6 Å². The molecule has 0 spiro atoms. The number of hydrogen-bond donors (Lipinski definition) is 2. The second-order valence-electron chi connectivity index (χ2n) is 8.52. The molecule has 2 fully saturated rings. The van der Waals surface area contributed by atoms with Gasteiger partial charge in [0.1, 0.15) is 6.61 Å². The van der Waals surface area contributed by atoms with E-state index in [9.17, 15) is 14.7 Å². The number of amides is 1. The Bertz CT molecular complexity index is 990. The molecule has 1 aliphatic carbocycles. The van der Waals surface area contributed by atoms with Crippen LogP contribution in [0.1, 0.15) is 41.7 Å². The maximum atomic E-state index is 12.2. The molecule has 33 heavy (non-hydrogen) atoms. The van der Waals surface area contributed by atoms with E-state index in [0.717, 1.165) is 32.1 Å². The largest absolute Gasteiger partial charge is 0.476 e. The van der Waals surface area contributed by atoms with Gasteiger partial charge in [-0.3, -0.25) is 4.90 Å². The number of carbonyl (C=O) groups is 2. The van der Waals surface area contributed by atoms with E-state index in [4.69, 9.17) is 9.84 Å². The number of carboxylic acids is 1. The Labute approximate surface area is 201 Å². The number of thioether (sulfide) groups is 1. The molecule has 2 atom stereocenters. The molecule has 0 unspecified atom stereocenters. The van der Waals surface area contributed by atoms with Crippen LogP contribution in [0.4, 0.5) is 4.79 Å². The second-order valence-corrected chi connectivity index (χ2v) is 10.7. The molecule has 4 rings (SSSR count). The normalized spacial score (nSPS) is 20.6. The summed E-state index contributed by atoms with van der Waals surface area (Å²) in [5.74, 6) is -0.465. The van der Waals surface area contributed by atoms with Crippen molar-refractivity contribution in [2.45, 2.75) is 48.6 Å². The Morgan fingerprint density at radius 3 is 2.82 bits per heavy atom. The highest BCUT2D eigenvalue weighted by atomic mass is 32.2. The van der Waals surface area contributed by atoms with E-state index in [1.807, 2.05) is 30.4 Å². The molecule has 2 aliphatic rings. The zero-order valence-electron chi connectivity index (χ0n) is 18.3. The van der Waals surface area contributed by atoms with Crippen molar-refractivity contribution in [3.8, 4) is 0 Å². The van der Waals surface area contributed by atoms with Crippen LogP contribution in [0.15, 0.2) is 52.2 Å². The van der Waals surface area contributed by atoms with Crippen LogP contribution in [-0.2, 0) is 11.2 Å². The molecule has 0 bridgehead atoms. The molecule has 2 aromatic rings. The Morgan fingerprint density at radius 1 is 1.36 bits per heavy atom. The first-order valence-corrected chi connectivity index (χ1v) is 13.0. The van der Waals surface area contributed by atoms with Crippen molar-refractivity contribution in [1.82, 2.24) is 9.88 Å². The average Bonchev–Trinajstić information content (AvgIpc) is 3.40. The number of ether oxygens (including phenoxy) is 1. The fraction of sp³-hybridized carbons (Fsp3) is 0.458. The lowest BCUT2D eigenvalue weighted by atomic mass is 9.62. The summed E-state index contributed by atoms with van der Waals surface area (Å²) in [5.41, 5.74) is 1.23. The Balaban J connectivity index is 1.30. The maximum absolute atomic E-state index is 12.2. The van der Waals surface area contributed by atoms with Gasteiger partial charge in [-0.15, -0.1) is 11.3 Å². The highest BCUT2D eigenvalue weighted by Crippen LogP contribution is 2.48. The number of aromatic nitrogens is 1. The number of carboxylic acid groups (broad SMARTS) is 1. The van der Waals surface area contributed by atoms with Crippen LogP contribution in [0.25, 0.3) is 0 Å². The minimum absolute atomic E-state index is 0.0371. The number of hydrogen-bond acceptors (Lipinski definition) is 7. The monoisotopic (exact) mass is 488 g/mol. The van der Waals surface area contributed by atoms with Crippen molar-refractivity contribution >= 4 is 35.2 Å². The number of benzene rings is 1. The third-order valence-corrected chi connectivity index (χ3v) is 8.52. The van der Waals surface area contributed by atoms with Gasteiger partial charge in [0.2, 0.25) is 0 Å². The molecule has 176 valence electrons. The van der Waals surface area contributed by atoms with E-state index >= 15 is 0 Å². The van der Waals surface area contributed by atoms with Gasteiger partial charge in [-0.2, -0.15) is 0 Å². The van der Waals surface area contributed by atoms with Gasteiger partial charge in [0, 0.05) is 23.1 Å². The molecule has 1 saturated carbocycles. The summed E-state index contributed by atoms with van der Waals surface area (Å²) >= 11 is 2.70. The van der Waals surface area contributed by atoms with Crippen molar-refractivity contribution in [1.29, 1.82) is 0 Å². The number of aromatic carboxylic acids is 1. The first-order chi connectivity index (χ1) is 16.0.